The lowest BCUT2D eigenvalue weighted by Gasteiger charge is -2.27. The Labute approximate surface area is 86.9 Å². The van der Waals surface area contributed by atoms with Crippen LogP contribution in [0.15, 0.2) is 17.2 Å². The van der Waals surface area contributed by atoms with Gasteiger partial charge in [0.15, 0.2) is 0 Å². The van der Waals surface area contributed by atoms with Gasteiger partial charge in [0.25, 0.3) is 5.56 Å². The maximum Gasteiger partial charge on any atom is 0.255 e. The third kappa shape index (κ3) is 1.92. The van der Waals surface area contributed by atoms with Crippen LogP contribution in [0.5, 0.6) is 0 Å². The van der Waals surface area contributed by atoms with Crippen LogP contribution >= 0.6 is 11.8 Å². The average Bonchev–Trinajstić information content (AvgIpc) is 2.23. The molecule has 2 heterocycles. The van der Waals surface area contributed by atoms with Crippen LogP contribution in [0.2, 0.25) is 0 Å². The Bertz CT molecular complexity index is 371. The number of anilines is 1. The number of aromatic nitrogens is 2. The Hall–Kier alpha value is -0.970. The van der Waals surface area contributed by atoms with Gasteiger partial charge in [0.05, 0.1) is 6.33 Å². The SMILES string of the molecule is Cn1cnc(N2CCSCC2)cc1=O. The Morgan fingerprint density at radius 1 is 1.43 bits per heavy atom. The van der Waals surface area contributed by atoms with Crippen molar-refractivity contribution >= 4 is 17.6 Å². The van der Waals surface area contributed by atoms with Crippen molar-refractivity contribution in [1.29, 1.82) is 0 Å². The van der Waals surface area contributed by atoms with E-state index in [2.05, 4.69) is 9.88 Å². The van der Waals surface area contributed by atoms with Gasteiger partial charge in [-0.15, -0.1) is 0 Å². The van der Waals surface area contributed by atoms with Gasteiger partial charge in [0, 0.05) is 37.7 Å². The van der Waals surface area contributed by atoms with Gasteiger partial charge in [-0.3, -0.25) is 4.79 Å². The minimum atomic E-state index is 0.00762. The molecular formula is C9H13N3OS. The summed E-state index contributed by atoms with van der Waals surface area (Å²) in [5.41, 5.74) is 0.00762. The molecule has 1 aromatic heterocycles. The number of hydrogen-bond acceptors (Lipinski definition) is 4. The Morgan fingerprint density at radius 3 is 2.79 bits per heavy atom. The standard InChI is InChI=1S/C9H13N3OS/c1-11-7-10-8(6-9(11)13)12-2-4-14-5-3-12/h6-7H,2-5H2,1H3. The molecule has 1 fully saturated rings. The number of aryl methyl sites for hydroxylation is 1. The van der Waals surface area contributed by atoms with E-state index >= 15 is 0 Å². The Morgan fingerprint density at radius 2 is 2.14 bits per heavy atom. The van der Waals surface area contributed by atoms with Gasteiger partial charge in [0.1, 0.15) is 5.82 Å². The van der Waals surface area contributed by atoms with Crippen LogP contribution in [-0.4, -0.2) is 34.1 Å². The molecule has 76 valence electrons. The summed E-state index contributed by atoms with van der Waals surface area (Å²) in [6.07, 6.45) is 1.58. The zero-order valence-corrected chi connectivity index (χ0v) is 8.96. The zero-order chi connectivity index (χ0) is 9.97. The molecule has 0 aliphatic carbocycles. The van der Waals surface area contributed by atoms with E-state index in [0.29, 0.717) is 0 Å². The first kappa shape index (κ1) is 9.58. The minimum Gasteiger partial charge on any atom is -0.355 e. The summed E-state index contributed by atoms with van der Waals surface area (Å²) in [6, 6.07) is 1.61. The minimum absolute atomic E-state index is 0.00762. The van der Waals surface area contributed by atoms with Crippen LogP contribution in [0.1, 0.15) is 0 Å². The highest BCUT2D eigenvalue weighted by Crippen LogP contribution is 2.14. The van der Waals surface area contributed by atoms with E-state index in [1.807, 2.05) is 11.8 Å². The van der Waals surface area contributed by atoms with Crippen molar-refractivity contribution < 1.29 is 0 Å². The smallest absolute Gasteiger partial charge is 0.255 e. The van der Waals surface area contributed by atoms with Crippen molar-refractivity contribution in [3.05, 3.63) is 22.7 Å². The van der Waals surface area contributed by atoms with Crippen molar-refractivity contribution in [2.45, 2.75) is 0 Å². The van der Waals surface area contributed by atoms with Crippen LogP contribution in [0.25, 0.3) is 0 Å². The Kier molecular flexibility index (Phi) is 2.77. The van der Waals surface area contributed by atoms with Gasteiger partial charge in [-0.25, -0.2) is 4.98 Å². The first-order valence-electron chi connectivity index (χ1n) is 4.63. The van der Waals surface area contributed by atoms with E-state index in [9.17, 15) is 4.79 Å². The van der Waals surface area contributed by atoms with E-state index in [0.717, 1.165) is 30.4 Å². The molecule has 14 heavy (non-hydrogen) atoms. The Balaban J connectivity index is 2.23. The molecule has 1 saturated heterocycles. The van der Waals surface area contributed by atoms with Crippen LogP contribution < -0.4 is 10.5 Å². The predicted octanol–water partition coefficient (Wildman–Crippen LogP) is 0.333. The fourth-order valence-corrected chi connectivity index (χ4v) is 2.32. The van der Waals surface area contributed by atoms with Crippen molar-refractivity contribution in [1.82, 2.24) is 9.55 Å². The van der Waals surface area contributed by atoms with E-state index in [4.69, 9.17) is 0 Å². The van der Waals surface area contributed by atoms with Gasteiger partial charge < -0.3 is 9.47 Å². The molecule has 4 nitrogen and oxygen atoms in total. The maximum atomic E-state index is 11.4. The third-order valence-corrected chi connectivity index (χ3v) is 3.24. The molecular weight excluding hydrogens is 198 g/mol. The van der Waals surface area contributed by atoms with Crippen LogP contribution in [-0.2, 0) is 7.05 Å². The number of thioether (sulfide) groups is 1. The van der Waals surface area contributed by atoms with Crippen molar-refractivity contribution in [3.63, 3.8) is 0 Å². The molecule has 0 radical (unpaired) electrons. The summed E-state index contributed by atoms with van der Waals surface area (Å²) in [5, 5.41) is 0. The van der Waals surface area contributed by atoms with Gasteiger partial charge in [-0.05, 0) is 0 Å². The quantitative estimate of drug-likeness (QED) is 0.671. The summed E-state index contributed by atoms with van der Waals surface area (Å²) in [5.74, 6) is 3.06. The topological polar surface area (TPSA) is 38.1 Å². The zero-order valence-electron chi connectivity index (χ0n) is 8.14. The molecule has 2 rings (SSSR count). The largest absolute Gasteiger partial charge is 0.355 e. The molecule has 0 aromatic carbocycles. The fraction of sp³-hybridized carbons (Fsp3) is 0.556. The van der Waals surface area contributed by atoms with Gasteiger partial charge >= 0.3 is 0 Å². The van der Waals surface area contributed by atoms with Gasteiger partial charge in [-0.1, -0.05) is 0 Å². The molecule has 0 unspecified atom stereocenters. The fourth-order valence-electron chi connectivity index (χ4n) is 1.42. The second-order valence-electron chi connectivity index (χ2n) is 3.30. The number of rotatable bonds is 1. The van der Waals surface area contributed by atoms with Crippen molar-refractivity contribution in [2.75, 3.05) is 29.5 Å². The summed E-state index contributed by atoms with van der Waals surface area (Å²) >= 11 is 1.95. The first-order chi connectivity index (χ1) is 6.77. The summed E-state index contributed by atoms with van der Waals surface area (Å²) in [7, 11) is 1.71. The second-order valence-corrected chi connectivity index (χ2v) is 4.52. The molecule has 1 aliphatic rings. The molecule has 0 spiro atoms. The lowest BCUT2D eigenvalue weighted by molar-refractivity contribution is 0.786. The summed E-state index contributed by atoms with van der Waals surface area (Å²) in [6.45, 7) is 1.98. The maximum absolute atomic E-state index is 11.4. The van der Waals surface area contributed by atoms with Gasteiger partial charge in [-0.2, -0.15) is 11.8 Å². The van der Waals surface area contributed by atoms with Crippen LogP contribution in [0.4, 0.5) is 5.82 Å². The summed E-state index contributed by atoms with van der Waals surface area (Å²) in [4.78, 5) is 17.8. The van der Waals surface area contributed by atoms with E-state index in [-0.39, 0.29) is 5.56 Å². The highest BCUT2D eigenvalue weighted by Gasteiger charge is 2.12. The normalized spacial score (nSPS) is 17.1. The molecule has 0 bridgehead atoms. The first-order valence-corrected chi connectivity index (χ1v) is 5.78. The number of nitrogens with zero attached hydrogens (tertiary/aromatic N) is 3. The molecule has 1 aromatic rings. The molecule has 0 atom stereocenters. The average molecular weight is 211 g/mol. The van der Waals surface area contributed by atoms with E-state index < -0.39 is 0 Å². The molecule has 1 aliphatic heterocycles. The molecule has 0 N–H and O–H groups in total. The molecule has 5 heteroatoms. The molecule has 0 amide bonds. The predicted molar refractivity (Wildman–Crippen MR) is 59.0 cm³/mol. The van der Waals surface area contributed by atoms with Crippen molar-refractivity contribution in [3.8, 4) is 0 Å². The van der Waals surface area contributed by atoms with Crippen LogP contribution in [0, 0.1) is 0 Å². The van der Waals surface area contributed by atoms with E-state index in [1.54, 1.807) is 19.4 Å². The lowest BCUT2D eigenvalue weighted by Crippen LogP contribution is -2.34. The second kappa shape index (κ2) is 4.04. The summed E-state index contributed by atoms with van der Waals surface area (Å²) < 4.78 is 1.49. The van der Waals surface area contributed by atoms with Gasteiger partial charge in [0.2, 0.25) is 0 Å². The van der Waals surface area contributed by atoms with Crippen molar-refractivity contribution in [2.24, 2.45) is 7.05 Å². The highest BCUT2D eigenvalue weighted by atomic mass is 32.2. The molecule has 0 saturated carbocycles. The van der Waals surface area contributed by atoms with Crippen LogP contribution in [0.3, 0.4) is 0 Å². The number of hydrogen-bond donors (Lipinski definition) is 0. The monoisotopic (exact) mass is 211 g/mol. The third-order valence-electron chi connectivity index (χ3n) is 2.30. The highest BCUT2D eigenvalue weighted by molar-refractivity contribution is 7.99. The lowest BCUT2D eigenvalue weighted by atomic mass is 10.4. The van der Waals surface area contributed by atoms with E-state index in [1.165, 1.54) is 4.57 Å².